The molecule has 1 aromatic carbocycles. The van der Waals surface area contributed by atoms with Crippen LogP contribution in [0.2, 0.25) is 0 Å². The van der Waals surface area contributed by atoms with Crippen molar-refractivity contribution < 1.29 is 19.0 Å². The van der Waals surface area contributed by atoms with Crippen molar-refractivity contribution in [1.82, 2.24) is 0 Å². The van der Waals surface area contributed by atoms with Gasteiger partial charge in [-0.3, -0.25) is 0 Å². The van der Waals surface area contributed by atoms with Crippen molar-refractivity contribution in [3.63, 3.8) is 0 Å². The summed E-state index contributed by atoms with van der Waals surface area (Å²) in [4.78, 5) is 12.0. The average Bonchev–Trinajstić information content (AvgIpc) is 2.59. The first-order chi connectivity index (χ1) is 9.28. The highest BCUT2D eigenvalue weighted by Gasteiger charge is 2.50. The van der Waals surface area contributed by atoms with Gasteiger partial charge in [0.05, 0.1) is 23.4 Å². The fraction of sp³-hybridized carbons (Fsp3) is 0.562. The van der Waals surface area contributed by atoms with Gasteiger partial charge in [0.1, 0.15) is 0 Å². The summed E-state index contributed by atoms with van der Waals surface area (Å²) in [6.45, 7) is 10.1. The topological polar surface area (TPSA) is 44.8 Å². The van der Waals surface area contributed by atoms with Crippen LogP contribution in [0, 0.1) is 0 Å². The molecule has 0 aliphatic carbocycles. The molecule has 2 rings (SSSR count). The van der Waals surface area contributed by atoms with Crippen LogP contribution in [-0.4, -0.2) is 23.8 Å². The van der Waals surface area contributed by atoms with Gasteiger partial charge < -0.3 is 14.2 Å². The minimum Gasteiger partial charge on any atom is -0.462 e. The number of benzene rings is 1. The van der Waals surface area contributed by atoms with Crippen molar-refractivity contribution in [2.24, 2.45) is 0 Å². The highest BCUT2D eigenvalue weighted by Crippen LogP contribution is 2.45. The highest BCUT2D eigenvalue weighted by molar-refractivity contribution is 5.91. The van der Waals surface area contributed by atoms with Crippen LogP contribution in [-0.2, 0) is 14.2 Å². The number of hydrogen-bond acceptors (Lipinski definition) is 4. The zero-order valence-corrected chi connectivity index (χ0v) is 12.7. The summed E-state index contributed by atoms with van der Waals surface area (Å²) in [6.07, 6.45) is -0.555. The summed E-state index contributed by atoms with van der Waals surface area (Å²) in [5.74, 6) is -0.349. The lowest BCUT2D eigenvalue weighted by molar-refractivity contribution is -0.0901. The SMILES string of the molecule is CCOC(=O)c1ccccc1C1OC(C)(C)C(C)(C)O1. The van der Waals surface area contributed by atoms with Gasteiger partial charge in [0, 0.05) is 5.56 Å². The van der Waals surface area contributed by atoms with E-state index in [2.05, 4.69) is 0 Å². The Bertz CT molecular complexity index is 489. The van der Waals surface area contributed by atoms with Crippen LogP contribution in [0.5, 0.6) is 0 Å². The summed E-state index contributed by atoms with van der Waals surface area (Å²) in [7, 11) is 0. The molecule has 0 amide bonds. The zero-order chi connectivity index (χ0) is 15.0. The van der Waals surface area contributed by atoms with E-state index in [9.17, 15) is 4.79 Å². The number of esters is 1. The number of rotatable bonds is 3. The van der Waals surface area contributed by atoms with Crippen molar-refractivity contribution in [3.8, 4) is 0 Å². The molecule has 0 saturated carbocycles. The van der Waals surface area contributed by atoms with E-state index in [1.807, 2.05) is 39.8 Å². The lowest BCUT2D eigenvalue weighted by atomic mass is 9.90. The Hall–Kier alpha value is -1.39. The van der Waals surface area contributed by atoms with E-state index in [0.29, 0.717) is 17.7 Å². The standard InChI is InChI=1S/C16H22O4/c1-6-18-13(17)11-9-7-8-10-12(11)14-19-15(2,3)16(4,5)20-14/h7-10,14H,6H2,1-5H3. The third kappa shape index (κ3) is 2.58. The molecule has 4 heteroatoms. The van der Waals surface area contributed by atoms with E-state index in [1.165, 1.54) is 0 Å². The van der Waals surface area contributed by atoms with E-state index in [0.717, 1.165) is 0 Å². The second-order valence-corrected chi connectivity index (χ2v) is 5.90. The molecule has 1 saturated heterocycles. The Morgan fingerprint density at radius 1 is 1.15 bits per heavy atom. The highest BCUT2D eigenvalue weighted by atomic mass is 16.7. The number of ether oxygens (including phenoxy) is 3. The Morgan fingerprint density at radius 3 is 2.25 bits per heavy atom. The fourth-order valence-electron chi connectivity index (χ4n) is 2.07. The van der Waals surface area contributed by atoms with E-state index < -0.39 is 17.5 Å². The van der Waals surface area contributed by atoms with Crippen LogP contribution in [0.15, 0.2) is 24.3 Å². The predicted octanol–water partition coefficient (Wildman–Crippen LogP) is 3.47. The number of carbonyl (C=O) groups excluding carboxylic acids is 1. The second kappa shape index (κ2) is 5.19. The molecule has 0 N–H and O–H groups in total. The quantitative estimate of drug-likeness (QED) is 0.794. The predicted molar refractivity (Wildman–Crippen MR) is 75.5 cm³/mol. The van der Waals surface area contributed by atoms with Crippen LogP contribution in [0.3, 0.4) is 0 Å². The molecule has 1 aromatic rings. The van der Waals surface area contributed by atoms with Crippen molar-refractivity contribution in [3.05, 3.63) is 35.4 Å². The van der Waals surface area contributed by atoms with Gasteiger partial charge in [0.15, 0.2) is 6.29 Å². The van der Waals surface area contributed by atoms with Gasteiger partial charge in [-0.1, -0.05) is 18.2 Å². The molecular weight excluding hydrogens is 256 g/mol. The van der Waals surface area contributed by atoms with Crippen molar-refractivity contribution in [2.45, 2.75) is 52.1 Å². The first-order valence-electron chi connectivity index (χ1n) is 6.90. The minimum atomic E-state index is -0.555. The van der Waals surface area contributed by atoms with E-state index >= 15 is 0 Å². The Morgan fingerprint density at radius 2 is 1.70 bits per heavy atom. The lowest BCUT2D eigenvalue weighted by Crippen LogP contribution is -2.41. The van der Waals surface area contributed by atoms with Crippen LogP contribution in [0.1, 0.15) is 56.8 Å². The molecule has 1 fully saturated rings. The van der Waals surface area contributed by atoms with Crippen LogP contribution >= 0.6 is 0 Å². The second-order valence-electron chi connectivity index (χ2n) is 5.90. The number of carbonyl (C=O) groups is 1. The molecule has 1 aliphatic rings. The van der Waals surface area contributed by atoms with Crippen LogP contribution < -0.4 is 0 Å². The molecule has 1 heterocycles. The zero-order valence-electron chi connectivity index (χ0n) is 12.7. The number of hydrogen-bond donors (Lipinski definition) is 0. The smallest absolute Gasteiger partial charge is 0.338 e. The van der Waals surface area contributed by atoms with Gasteiger partial charge >= 0.3 is 5.97 Å². The van der Waals surface area contributed by atoms with E-state index in [4.69, 9.17) is 14.2 Å². The largest absolute Gasteiger partial charge is 0.462 e. The summed E-state index contributed by atoms with van der Waals surface area (Å²) >= 11 is 0. The maximum absolute atomic E-state index is 12.0. The monoisotopic (exact) mass is 278 g/mol. The van der Waals surface area contributed by atoms with Crippen molar-refractivity contribution in [2.75, 3.05) is 6.61 Å². The minimum absolute atomic E-state index is 0.344. The lowest BCUT2D eigenvalue weighted by Gasteiger charge is -2.30. The van der Waals surface area contributed by atoms with Gasteiger partial charge in [-0.25, -0.2) is 4.79 Å². The molecule has 0 aromatic heterocycles. The summed E-state index contributed by atoms with van der Waals surface area (Å²) in [6, 6.07) is 7.25. The average molecular weight is 278 g/mol. The normalized spacial score (nSPS) is 20.9. The van der Waals surface area contributed by atoms with Gasteiger partial charge in [-0.05, 0) is 40.7 Å². The summed E-state index contributed by atoms with van der Waals surface area (Å²) in [5.41, 5.74) is 0.344. The molecule has 0 atom stereocenters. The third-order valence-corrected chi connectivity index (χ3v) is 3.96. The molecule has 4 nitrogen and oxygen atoms in total. The molecular formula is C16H22O4. The fourth-order valence-corrected chi connectivity index (χ4v) is 2.07. The van der Waals surface area contributed by atoms with Gasteiger partial charge in [-0.15, -0.1) is 0 Å². The third-order valence-electron chi connectivity index (χ3n) is 3.96. The maximum Gasteiger partial charge on any atom is 0.338 e. The first-order valence-corrected chi connectivity index (χ1v) is 6.90. The van der Waals surface area contributed by atoms with E-state index in [1.54, 1.807) is 19.1 Å². The Balaban J connectivity index is 2.33. The Labute approximate surface area is 120 Å². The Kier molecular flexibility index (Phi) is 3.89. The van der Waals surface area contributed by atoms with E-state index in [-0.39, 0.29) is 5.97 Å². The molecule has 0 bridgehead atoms. The van der Waals surface area contributed by atoms with Gasteiger partial charge in [0.25, 0.3) is 0 Å². The van der Waals surface area contributed by atoms with Crippen molar-refractivity contribution in [1.29, 1.82) is 0 Å². The van der Waals surface area contributed by atoms with Gasteiger partial charge in [-0.2, -0.15) is 0 Å². The summed E-state index contributed by atoms with van der Waals surface area (Å²) in [5, 5.41) is 0. The molecule has 0 unspecified atom stereocenters. The van der Waals surface area contributed by atoms with Gasteiger partial charge in [0.2, 0.25) is 0 Å². The van der Waals surface area contributed by atoms with Crippen molar-refractivity contribution >= 4 is 5.97 Å². The molecule has 0 spiro atoms. The first kappa shape index (κ1) is 15.0. The molecule has 1 aliphatic heterocycles. The molecule has 20 heavy (non-hydrogen) atoms. The van der Waals surface area contributed by atoms with Crippen LogP contribution in [0.25, 0.3) is 0 Å². The molecule has 0 radical (unpaired) electrons. The van der Waals surface area contributed by atoms with Crippen LogP contribution in [0.4, 0.5) is 0 Å². The molecule has 110 valence electrons. The summed E-state index contributed by atoms with van der Waals surface area (Å²) < 4.78 is 17.1. The maximum atomic E-state index is 12.0.